The van der Waals surface area contributed by atoms with Crippen LogP contribution in [0.4, 0.5) is 10.3 Å². The molecule has 3 aromatic rings. The van der Waals surface area contributed by atoms with Gasteiger partial charge < -0.3 is 9.64 Å². The monoisotopic (exact) mass is 380 g/mol. The summed E-state index contributed by atoms with van der Waals surface area (Å²) in [5, 5.41) is 0. The molecule has 0 radical (unpaired) electrons. The summed E-state index contributed by atoms with van der Waals surface area (Å²) >= 11 is 0. The minimum atomic E-state index is -0.508. The quantitative estimate of drug-likeness (QED) is 0.699. The number of ether oxygens (including phenoxy) is 1. The summed E-state index contributed by atoms with van der Waals surface area (Å²) in [7, 11) is 1.68. The second kappa shape index (κ2) is 7.52. The number of benzene rings is 1. The number of pyridine rings is 1. The molecule has 0 spiro atoms. The van der Waals surface area contributed by atoms with Crippen LogP contribution in [0.2, 0.25) is 0 Å². The van der Waals surface area contributed by atoms with Crippen LogP contribution in [0.3, 0.4) is 0 Å². The fourth-order valence-corrected chi connectivity index (χ4v) is 3.59. The molecule has 0 N–H and O–H groups in total. The van der Waals surface area contributed by atoms with Crippen LogP contribution in [-0.4, -0.2) is 33.7 Å². The summed E-state index contributed by atoms with van der Waals surface area (Å²) in [5.74, 6) is -0.0122. The molecular formula is C21H21FN4O2. The average molecular weight is 380 g/mol. The number of anilines is 1. The molecule has 1 aromatic carbocycles. The van der Waals surface area contributed by atoms with Crippen molar-refractivity contribution in [3.63, 3.8) is 0 Å². The van der Waals surface area contributed by atoms with Gasteiger partial charge in [0.1, 0.15) is 6.10 Å². The van der Waals surface area contributed by atoms with Crippen molar-refractivity contribution in [2.75, 3.05) is 18.1 Å². The van der Waals surface area contributed by atoms with E-state index in [-0.39, 0.29) is 23.3 Å². The van der Waals surface area contributed by atoms with E-state index < -0.39 is 5.82 Å². The minimum absolute atomic E-state index is 0.0493. The van der Waals surface area contributed by atoms with E-state index in [2.05, 4.69) is 9.97 Å². The lowest BCUT2D eigenvalue weighted by Gasteiger charge is -2.40. The Hall–Kier alpha value is -3.06. The molecule has 3 heterocycles. The van der Waals surface area contributed by atoms with Crippen LogP contribution >= 0.6 is 0 Å². The van der Waals surface area contributed by atoms with Crippen molar-refractivity contribution in [3.05, 3.63) is 76.6 Å². The molecule has 0 saturated carbocycles. The van der Waals surface area contributed by atoms with Crippen LogP contribution in [-0.2, 0) is 11.8 Å². The summed E-state index contributed by atoms with van der Waals surface area (Å²) in [4.78, 5) is 23.0. The Morgan fingerprint density at radius 2 is 2.00 bits per heavy atom. The summed E-state index contributed by atoms with van der Waals surface area (Å²) in [5.41, 5.74) is 1.38. The molecule has 144 valence electrons. The molecule has 0 aliphatic carbocycles. The molecule has 1 aliphatic rings. The van der Waals surface area contributed by atoms with E-state index in [9.17, 15) is 9.18 Å². The van der Waals surface area contributed by atoms with Gasteiger partial charge in [-0.2, -0.15) is 0 Å². The highest BCUT2D eigenvalue weighted by molar-refractivity contribution is 5.60. The highest BCUT2D eigenvalue weighted by Crippen LogP contribution is 2.31. The number of nitrogens with zero attached hydrogens (tertiary/aromatic N) is 4. The van der Waals surface area contributed by atoms with Crippen molar-refractivity contribution >= 4 is 5.95 Å². The van der Waals surface area contributed by atoms with Crippen LogP contribution in [0.1, 0.15) is 18.6 Å². The predicted octanol–water partition coefficient (Wildman–Crippen LogP) is 2.95. The van der Waals surface area contributed by atoms with Gasteiger partial charge in [0, 0.05) is 31.4 Å². The zero-order chi connectivity index (χ0) is 19.7. The van der Waals surface area contributed by atoms with E-state index in [4.69, 9.17) is 4.74 Å². The molecule has 1 fully saturated rings. The molecule has 0 unspecified atom stereocenters. The third-order valence-corrected chi connectivity index (χ3v) is 5.10. The molecule has 6 nitrogen and oxygen atoms in total. The average Bonchev–Trinajstić information content (AvgIpc) is 2.71. The van der Waals surface area contributed by atoms with Crippen molar-refractivity contribution in [3.8, 4) is 11.3 Å². The van der Waals surface area contributed by atoms with E-state index in [0.717, 1.165) is 11.8 Å². The van der Waals surface area contributed by atoms with Crippen molar-refractivity contribution in [2.45, 2.75) is 19.1 Å². The van der Waals surface area contributed by atoms with Gasteiger partial charge in [-0.15, -0.1) is 0 Å². The first kappa shape index (κ1) is 18.3. The Bertz CT molecular complexity index is 1040. The lowest BCUT2D eigenvalue weighted by Crippen LogP contribution is -2.48. The standard InChI is InChI=1S/C21H21FN4O2/c1-14-20(15-6-4-3-5-7-15)28-11-10-26(14)21-24-18(12-19(27)25(21)2)16-8-9-23-13-17(16)22/h3-9,12-14,20H,10-11H2,1-2H3/t14-,20-/m0/s1. The topological polar surface area (TPSA) is 60.2 Å². The first-order chi connectivity index (χ1) is 13.6. The third-order valence-electron chi connectivity index (χ3n) is 5.10. The maximum Gasteiger partial charge on any atom is 0.255 e. The lowest BCUT2D eigenvalue weighted by atomic mass is 10.0. The van der Waals surface area contributed by atoms with Crippen LogP contribution < -0.4 is 10.5 Å². The predicted molar refractivity (Wildman–Crippen MR) is 105 cm³/mol. The van der Waals surface area contributed by atoms with Gasteiger partial charge in [-0.25, -0.2) is 9.37 Å². The molecule has 7 heteroatoms. The zero-order valence-corrected chi connectivity index (χ0v) is 15.7. The number of hydrogen-bond donors (Lipinski definition) is 0. The molecule has 0 bridgehead atoms. The normalized spacial score (nSPS) is 19.6. The molecule has 2 atom stereocenters. The van der Waals surface area contributed by atoms with Gasteiger partial charge in [0.05, 0.1) is 24.5 Å². The maximum absolute atomic E-state index is 14.2. The van der Waals surface area contributed by atoms with Crippen molar-refractivity contribution in [1.82, 2.24) is 14.5 Å². The first-order valence-electron chi connectivity index (χ1n) is 9.17. The number of rotatable bonds is 3. The summed E-state index contributed by atoms with van der Waals surface area (Å²) in [6.45, 7) is 3.14. The van der Waals surface area contributed by atoms with Crippen molar-refractivity contribution in [1.29, 1.82) is 0 Å². The van der Waals surface area contributed by atoms with Gasteiger partial charge in [0.15, 0.2) is 5.82 Å². The second-order valence-corrected chi connectivity index (χ2v) is 6.83. The van der Waals surface area contributed by atoms with E-state index >= 15 is 0 Å². The fourth-order valence-electron chi connectivity index (χ4n) is 3.59. The molecule has 4 rings (SSSR count). The van der Waals surface area contributed by atoms with Crippen LogP contribution in [0, 0.1) is 5.82 Å². The first-order valence-corrected chi connectivity index (χ1v) is 9.17. The third kappa shape index (κ3) is 3.29. The van der Waals surface area contributed by atoms with Gasteiger partial charge in [0.25, 0.3) is 5.56 Å². The Morgan fingerprint density at radius 1 is 1.21 bits per heavy atom. The molecule has 0 amide bonds. The molecule has 2 aromatic heterocycles. The maximum atomic E-state index is 14.2. The number of halogens is 1. The van der Waals surface area contributed by atoms with E-state index in [1.165, 1.54) is 22.9 Å². The van der Waals surface area contributed by atoms with Crippen LogP contribution in [0.5, 0.6) is 0 Å². The Labute approximate surface area is 162 Å². The van der Waals surface area contributed by atoms with Gasteiger partial charge in [-0.1, -0.05) is 30.3 Å². The van der Waals surface area contributed by atoms with Crippen LogP contribution in [0.15, 0.2) is 59.7 Å². The van der Waals surface area contributed by atoms with Gasteiger partial charge in [-0.05, 0) is 18.6 Å². The summed E-state index contributed by atoms with van der Waals surface area (Å²) < 4.78 is 21.7. The zero-order valence-electron chi connectivity index (χ0n) is 15.7. The van der Waals surface area contributed by atoms with Crippen molar-refractivity contribution in [2.24, 2.45) is 7.05 Å². The van der Waals surface area contributed by atoms with Crippen molar-refractivity contribution < 1.29 is 9.13 Å². The number of morpholine rings is 1. The van der Waals surface area contributed by atoms with Gasteiger partial charge >= 0.3 is 0 Å². The van der Waals surface area contributed by atoms with E-state index in [0.29, 0.717) is 24.8 Å². The Morgan fingerprint density at radius 3 is 2.75 bits per heavy atom. The molecule has 28 heavy (non-hydrogen) atoms. The molecule has 1 saturated heterocycles. The lowest BCUT2D eigenvalue weighted by molar-refractivity contribution is 0.0136. The highest BCUT2D eigenvalue weighted by Gasteiger charge is 2.32. The van der Waals surface area contributed by atoms with E-state index in [1.54, 1.807) is 7.05 Å². The number of hydrogen-bond acceptors (Lipinski definition) is 5. The highest BCUT2D eigenvalue weighted by atomic mass is 19.1. The van der Waals surface area contributed by atoms with Gasteiger partial charge in [-0.3, -0.25) is 14.3 Å². The SMILES string of the molecule is C[C@H]1[C@@H](c2ccccc2)OCCN1c1nc(-c2ccncc2F)cc(=O)n1C. The Balaban J connectivity index is 1.76. The molecular weight excluding hydrogens is 359 g/mol. The summed E-state index contributed by atoms with van der Waals surface area (Å²) in [6.07, 6.45) is 2.46. The minimum Gasteiger partial charge on any atom is -0.370 e. The summed E-state index contributed by atoms with van der Waals surface area (Å²) in [6, 6.07) is 12.8. The fraction of sp³-hybridized carbons (Fsp3) is 0.286. The van der Waals surface area contributed by atoms with Crippen LogP contribution in [0.25, 0.3) is 11.3 Å². The smallest absolute Gasteiger partial charge is 0.255 e. The molecule has 1 aliphatic heterocycles. The van der Waals surface area contributed by atoms with Gasteiger partial charge in [0.2, 0.25) is 5.95 Å². The van der Waals surface area contributed by atoms with E-state index in [1.807, 2.05) is 42.2 Å². The largest absolute Gasteiger partial charge is 0.370 e. The second-order valence-electron chi connectivity index (χ2n) is 6.83. The number of aromatic nitrogens is 3. The Kier molecular flexibility index (Phi) is 4.92.